The molecule has 3 nitrogen and oxygen atoms in total. The summed E-state index contributed by atoms with van der Waals surface area (Å²) in [5.41, 5.74) is 1.59. The van der Waals surface area contributed by atoms with E-state index in [1.54, 1.807) is 4.90 Å². The zero-order valence-corrected chi connectivity index (χ0v) is 12.3. The van der Waals surface area contributed by atoms with Crippen molar-refractivity contribution in [2.24, 2.45) is 4.99 Å². The molecule has 1 heterocycles. The van der Waals surface area contributed by atoms with E-state index in [4.69, 9.17) is 11.6 Å². The molecule has 0 aliphatic heterocycles. The summed E-state index contributed by atoms with van der Waals surface area (Å²) in [6.07, 6.45) is 0. The Bertz CT molecular complexity index is 475. The molecular weight excluding hydrogens is 254 g/mol. The standard InChI is InChI=1S/C12H16ClN3S/c1-12(2,3)9-7-17-10(8(9)6-14)15-11(13)16(4)5/h7H,1-5H3/b15-11+. The van der Waals surface area contributed by atoms with Crippen molar-refractivity contribution < 1.29 is 0 Å². The van der Waals surface area contributed by atoms with Gasteiger partial charge in [0.05, 0.1) is 5.56 Å². The van der Waals surface area contributed by atoms with Crippen molar-refractivity contribution in [2.75, 3.05) is 14.1 Å². The lowest BCUT2D eigenvalue weighted by Gasteiger charge is -2.17. The van der Waals surface area contributed by atoms with E-state index < -0.39 is 0 Å². The van der Waals surface area contributed by atoms with Crippen LogP contribution < -0.4 is 0 Å². The molecule has 0 radical (unpaired) electrons. The second-order valence-corrected chi connectivity index (χ2v) is 6.16. The molecule has 0 spiro atoms. The summed E-state index contributed by atoms with van der Waals surface area (Å²) in [7, 11) is 3.63. The highest BCUT2D eigenvalue weighted by Crippen LogP contribution is 2.37. The quantitative estimate of drug-likeness (QED) is 0.443. The monoisotopic (exact) mass is 269 g/mol. The van der Waals surface area contributed by atoms with Crippen LogP contribution in [0.5, 0.6) is 0 Å². The van der Waals surface area contributed by atoms with Crippen LogP contribution >= 0.6 is 22.9 Å². The van der Waals surface area contributed by atoms with Crippen LogP contribution in [-0.4, -0.2) is 24.3 Å². The third-order valence-electron chi connectivity index (χ3n) is 2.25. The van der Waals surface area contributed by atoms with Gasteiger partial charge < -0.3 is 4.90 Å². The average molecular weight is 270 g/mol. The SMILES string of the molecule is CN(C)/C(Cl)=N/c1scc(C(C)(C)C)c1C#N. The number of nitrogens with zero attached hydrogens (tertiary/aromatic N) is 3. The van der Waals surface area contributed by atoms with Crippen LogP contribution in [0.3, 0.4) is 0 Å². The Hall–Kier alpha value is -1.05. The minimum atomic E-state index is -0.0556. The molecule has 1 aromatic heterocycles. The van der Waals surface area contributed by atoms with Crippen LogP contribution in [0.25, 0.3) is 0 Å². The van der Waals surface area contributed by atoms with Gasteiger partial charge in [-0.1, -0.05) is 20.8 Å². The minimum Gasteiger partial charge on any atom is -0.353 e. The van der Waals surface area contributed by atoms with Gasteiger partial charge in [-0.25, -0.2) is 4.99 Å². The third-order valence-corrected chi connectivity index (χ3v) is 3.55. The smallest absolute Gasteiger partial charge is 0.199 e. The van der Waals surface area contributed by atoms with Gasteiger partial charge in [0.1, 0.15) is 11.1 Å². The normalized spacial score (nSPS) is 12.4. The van der Waals surface area contributed by atoms with Crippen molar-refractivity contribution in [1.29, 1.82) is 5.26 Å². The van der Waals surface area contributed by atoms with Gasteiger partial charge in [0, 0.05) is 14.1 Å². The predicted octanol–water partition coefficient (Wildman–Crippen LogP) is 3.71. The average Bonchev–Trinajstić information content (AvgIpc) is 2.59. The highest BCUT2D eigenvalue weighted by Gasteiger charge is 2.22. The lowest BCUT2D eigenvalue weighted by Crippen LogP contribution is -2.15. The number of thiophene rings is 1. The highest BCUT2D eigenvalue weighted by molar-refractivity contribution is 7.14. The molecule has 1 aromatic rings. The number of halogens is 1. The second kappa shape index (κ2) is 5.07. The van der Waals surface area contributed by atoms with Crippen LogP contribution in [-0.2, 0) is 5.41 Å². The number of nitriles is 1. The summed E-state index contributed by atoms with van der Waals surface area (Å²) < 4.78 is 0. The molecule has 0 atom stereocenters. The molecule has 1 rings (SSSR count). The van der Waals surface area contributed by atoms with Gasteiger partial charge in [-0.3, -0.25) is 0 Å². The van der Waals surface area contributed by atoms with Gasteiger partial charge in [-0.05, 0) is 28.0 Å². The summed E-state index contributed by atoms with van der Waals surface area (Å²) in [6, 6.07) is 2.22. The Morgan fingerprint density at radius 1 is 1.47 bits per heavy atom. The van der Waals surface area contributed by atoms with Crippen molar-refractivity contribution in [3.05, 3.63) is 16.5 Å². The molecule has 0 aliphatic rings. The second-order valence-electron chi connectivity index (χ2n) is 4.97. The maximum atomic E-state index is 9.23. The molecule has 0 bridgehead atoms. The maximum Gasteiger partial charge on any atom is 0.199 e. The lowest BCUT2D eigenvalue weighted by atomic mass is 9.86. The Kier molecular flexibility index (Phi) is 4.18. The molecule has 0 aliphatic carbocycles. The number of rotatable bonds is 1. The Balaban J connectivity index is 3.27. The fourth-order valence-electron chi connectivity index (χ4n) is 1.27. The Morgan fingerprint density at radius 2 is 2.06 bits per heavy atom. The fourth-order valence-corrected chi connectivity index (χ4v) is 2.52. The molecule has 0 fully saturated rings. The number of aliphatic imine (C=N–C) groups is 1. The van der Waals surface area contributed by atoms with Crippen molar-refractivity contribution in [1.82, 2.24) is 4.90 Å². The van der Waals surface area contributed by atoms with E-state index in [0.29, 0.717) is 15.9 Å². The van der Waals surface area contributed by atoms with E-state index in [2.05, 4.69) is 31.8 Å². The lowest BCUT2D eigenvalue weighted by molar-refractivity contribution is 0.591. The summed E-state index contributed by atoms with van der Waals surface area (Å²) in [6.45, 7) is 6.24. The maximum absolute atomic E-state index is 9.23. The van der Waals surface area contributed by atoms with Crippen molar-refractivity contribution in [3.63, 3.8) is 0 Å². The number of hydrogen-bond donors (Lipinski definition) is 0. The topological polar surface area (TPSA) is 39.4 Å². The number of amidine groups is 1. The first kappa shape index (κ1) is 14.0. The molecule has 0 N–H and O–H groups in total. The molecule has 0 unspecified atom stereocenters. The molecule has 0 saturated heterocycles. The van der Waals surface area contributed by atoms with Gasteiger partial charge in [-0.2, -0.15) is 5.26 Å². The molecule has 0 amide bonds. The zero-order valence-electron chi connectivity index (χ0n) is 10.7. The summed E-state index contributed by atoms with van der Waals surface area (Å²) in [5, 5.41) is 12.3. The largest absolute Gasteiger partial charge is 0.353 e. The van der Waals surface area contributed by atoms with E-state index in [1.165, 1.54) is 11.3 Å². The predicted molar refractivity (Wildman–Crippen MR) is 74.4 cm³/mol. The van der Waals surface area contributed by atoms with E-state index in [0.717, 1.165) is 5.56 Å². The van der Waals surface area contributed by atoms with Crippen molar-refractivity contribution in [3.8, 4) is 6.07 Å². The van der Waals surface area contributed by atoms with Crippen molar-refractivity contribution in [2.45, 2.75) is 26.2 Å². The van der Waals surface area contributed by atoms with Crippen LogP contribution in [0.2, 0.25) is 0 Å². The van der Waals surface area contributed by atoms with Crippen molar-refractivity contribution >= 4 is 33.2 Å². The molecular formula is C12H16ClN3S. The van der Waals surface area contributed by atoms with Gasteiger partial charge in [-0.15, -0.1) is 11.3 Å². The molecule has 5 heteroatoms. The number of hydrogen-bond acceptors (Lipinski definition) is 3. The minimum absolute atomic E-state index is 0.0556. The summed E-state index contributed by atoms with van der Waals surface area (Å²) in [5.74, 6) is 0. The van der Waals surface area contributed by atoms with Gasteiger partial charge in [0.15, 0.2) is 5.29 Å². The van der Waals surface area contributed by atoms with E-state index in [-0.39, 0.29) is 5.41 Å². The van der Waals surface area contributed by atoms with E-state index >= 15 is 0 Å². The van der Waals surface area contributed by atoms with Gasteiger partial charge in [0.2, 0.25) is 0 Å². The zero-order chi connectivity index (χ0) is 13.2. The summed E-state index contributed by atoms with van der Waals surface area (Å²) >= 11 is 7.43. The first-order valence-corrected chi connectivity index (χ1v) is 6.46. The molecule has 0 saturated carbocycles. The summed E-state index contributed by atoms with van der Waals surface area (Å²) in [4.78, 5) is 5.98. The molecule has 0 aromatic carbocycles. The van der Waals surface area contributed by atoms with Crippen LogP contribution in [0.15, 0.2) is 10.4 Å². The van der Waals surface area contributed by atoms with Gasteiger partial charge >= 0.3 is 0 Å². The Morgan fingerprint density at radius 3 is 2.47 bits per heavy atom. The molecule has 92 valence electrons. The highest BCUT2D eigenvalue weighted by atomic mass is 35.5. The van der Waals surface area contributed by atoms with E-state index in [1.807, 2.05) is 19.5 Å². The third kappa shape index (κ3) is 3.21. The van der Waals surface area contributed by atoms with E-state index in [9.17, 15) is 5.26 Å². The first-order chi connectivity index (χ1) is 7.77. The van der Waals surface area contributed by atoms with Crippen LogP contribution in [0.4, 0.5) is 5.00 Å². The van der Waals surface area contributed by atoms with Crippen LogP contribution in [0.1, 0.15) is 31.9 Å². The Labute approximate surface area is 111 Å². The van der Waals surface area contributed by atoms with Crippen LogP contribution in [0, 0.1) is 11.3 Å². The van der Waals surface area contributed by atoms with Gasteiger partial charge in [0.25, 0.3) is 0 Å². The fraction of sp³-hybridized carbons (Fsp3) is 0.500. The first-order valence-electron chi connectivity index (χ1n) is 5.21. The molecule has 17 heavy (non-hydrogen) atoms.